The van der Waals surface area contributed by atoms with Gasteiger partial charge in [0.05, 0.1) is 5.56 Å². The molecule has 2 rings (SSSR count). The fourth-order valence-corrected chi connectivity index (χ4v) is 3.48. The molecule has 21 heavy (non-hydrogen) atoms. The Bertz CT molecular complexity index is 476. The molecule has 0 atom stereocenters. The van der Waals surface area contributed by atoms with Crippen LogP contribution in [0.4, 0.5) is 4.39 Å². The number of aryl methyl sites for hydroxylation is 1. The zero-order valence-corrected chi connectivity index (χ0v) is 12.8. The quantitative estimate of drug-likeness (QED) is 0.795. The maximum absolute atomic E-state index is 13.6. The first-order chi connectivity index (χ1) is 10.1. The fraction of sp³-hybridized carbons (Fsp3) is 0.611. The summed E-state index contributed by atoms with van der Waals surface area (Å²) in [4.78, 5) is 10.8. The van der Waals surface area contributed by atoms with Gasteiger partial charge in [0.2, 0.25) is 0 Å². The van der Waals surface area contributed by atoms with Crippen molar-refractivity contribution in [1.82, 2.24) is 0 Å². The molecule has 0 aromatic heterocycles. The highest BCUT2D eigenvalue weighted by atomic mass is 19.1. The molecule has 1 saturated carbocycles. The minimum absolute atomic E-state index is 0.237. The van der Waals surface area contributed by atoms with Crippen LogP contribution >= 0.6 is 0 Å². The van der Waals surface area contributed by atoms with Crippen molar-refractivity contribution in [2.75, 3.05) is 0 Å². The minimum Gasteiger partial charge on any atom is -0.478 e. The fourth-order valence-electron chi connectivity index (χ4n) is 3.48. The number of carboxylic acid groups (broad SMARTS) is 1. The number of aromatic carboxylic acids is 1. The molecule has 3 heteroatoms. The van der Waals surface area contributed by atoms with Crippen LogP contribution in [0.1, 0.15) is 67.8 Å². The second kappa shape index (κ2) is 7.58. The van der Waals surface area contributed by atoms with E-state index < -0.39 is 11.8 Å². The van der Waals surface area contributed by atoms with Crippen LogP contribution in [0.3, 0.4) is 0 Å². The van der Waals surface area contributed by atoms with E-state index in [1.165, 1.54) is 50.7 Å². The van der Waals surface area contributed by atoms with Gasteiger partial charge >= 0.3 is 5.97 Å². The molecule has 0 amide bonds. The average Bonchev–Trinajstić information content (AvgIpc) is 2.46. The van der Waals surface area contributed by atoms with E-state index in [9.17, 15) is 9.18 Å². The van der Waals surface area contributed by atoms with Gasteiger partial charge in [0.25, 0.3) is 0 Å². The molecular formula is C18H25FO2. The van der Waals surface area contributed by atoms with Gasteiger partial charge in [0.1, 0.15) is 5.82 Å². The van der Waals surface area contributed by atoms with Crippen molar-refractivity contribution in [3.05, 3.63) is 35.1 Å². The number of rotatable bonds is 6. The van der Waals surface area contributed by atoms with Crippen molar-refractivity contribution in [3.8, 4) is 0 Å². The van der Waals surface area contributed by atoms with E-state index in [1.54, 1.807) is 6.07 Å². The Morgan fingerprint density at radius 3 is 2.33 bits per heavy atom. The van der Waals surface area contributed by atoms with E-state index in [-0.39, 0.29) is 5.56 Å². The standard InChI is InChI=1S/C18H25FO2/c1-2-3-13-4-6-14(7-5-13)8-9-15-10-11-16(18(20)21)17(19)12-15/h10-14H,2-9H2,1H3,(H,20,21). The van der Waals surface area contributed by atoms with Crippen LogP contribution in [0.25, 0.3) is 0 Å². The van der Waals surface area contributed by atoms with Gasteiger partial charge in [-0.3, -0.25) is 0 Å². The summed E-state index contributed by atoms with van der Waals surface area (Å²) >= 11 is 0. The molecule has 0 unspecified atom stereocenters. The lowest BCUT2D eigenvalue weighted by atomic mass is 9.78. The lowest BCUT2D eigenvalue weighted by Gasteiger charge is -2.28. The van der Waals surface area contributed by atoms with Crippen LogP contribution in [-0.2, 0) is 6.42 Å². The Kier molecular flexibility index (Phi) is 5.77. The summed E-state index contributed by atoms with van der Waals surface area (Å²) in [7, 11) is 0. The molecule has 0 spiro atoms. The topological polar surface area (TPSA) is 37.3 Å². The molecule has 0 bridgehead atoms. The lowest BCUT2D eigenvalue weighted by molar-refractivity contribution is 0.0692. The maximum Gasteiger partial charge on any atom is 0.338 e. The summed E-state index contributed by atoms with van der Waals surface area (Å²) in [6, 6.07) is 4.51. The molecule has 1 aromatic carbocycles. The second-order valence-corrected chi connectivity index (χ2v) is 6.33. The van der Waals surface area contributed by atoms with E-state index in [1.807, 2.05) is 0 Å². The van der Waals surface area contributed by atoms with Gasteiger partial charge in [-0.15, -0.1) is 0 Å². The first-order valence-corrected chi connectivity index (χ1v) is 8.11. The van der Waals surface area contributed by atoms with Crippen LogP contribution in [0, 0.1) is 17.7 Å². The molecule has 1 aromatic rings. The Balaban J connectivity index is 1.81. The Hall–Kier alpha value is -1.38. The highest BCUT2D eigenvalue weighted by molar-refractivity contribution is 5.87. The van der Waals surface area contributed by atoms with Crippen LogP contribution < -0.4 is 0 Å². The maximum atomic E-state index is 13.6. The van der Waals surface area contributed by atoms with E-state index in [0.717, 1.165) is 30.2 Å². The lowest BCUT2D eigenvalue weighted by Crippen LogP contribution is -2.15. The molecule has 1 fully saturated rings. The largest absolute Gasteiger partial charge is 0.478 e. The molecule has 0 saturated heterocycles. The van der Waals surface area contributed by atoms with Gasteiger partial charge in [-0.1, -0.05) is 51.5 Å². The molecule has 0 radical (unpaired) electrons. The number of carbonyl (C=O) groups is 1. The van der Waals surface area contributed by atoms with E-state index in [2.05, 4.69) is 6.92 Å². The summed E-state index contributed by atoms with van der Waals surface area (Å²) < 4.78 is 13.6. The third kappa shape index (κ3) is 4.55. The van der Waals surface area contributed by atoms with Gasteiger partial charge in [-0.05, 0) is 42.4 Å². The Morgan fingerprint density at radius 2 is 1.81 bits per heavy atom. The van der Waals surface area contributed by atoms with Crippen molar-refractivity contribution >= 4 is 5.97 Å². The molecule has 1 aliphatic carbocycles. The summed E-state index contributed by atoms with van der Waals surface area (Å²) in [6.45, 7) is 2.25. The summed E-state index contributed by atoms with van der Waals surface area (Å²) in [5.41, 5.74) is 0.673. The number of benzene rings is 1. The molecular weight excluding hydrogens is 267 g/mol. The first kappa shape index (κ1) is 16.0. The molecule has 1 N–H and O–H groups in total. The van der Waals surface area contributed by atoms with Gasteiger partial charge < -0.3 is 5.11 Å². The molecule has 116 valence electrons. The molecule has 0 heterocycles. The highest BCUT2D eigenvalue weighted by Gasteiger charge is 2.20. The predicted octanol–water partition coefficient (Wildman–Crippen LogP) is 5.06. The molecule has 0 aliphatic heterocycles. The number of hydrogen-bond donors (Lipinski definition) is 1. The van der Waals surface area contributed by atoms with Crippen LogP contribution in [-0.4, -0.2) is 11.1 Å². The number of carboxylic acids is 1. The molecule has 2 nitrogen and oxygen atoms in total. The van der Waals surface area contributed by atoms with Crippen molar-refractivity contribution in [2.24, 2.45) is 11.8 Å². The third-order valence-electron chi connectivity index (χ3n) is 4.77. The van der Waals surface area contributed by atoms with Gasteiger partial charge in [0.15, 0.2) is 0 Å². The zero-order chi connectivity index (χ0) is 15.2. The van der Waals surface area contributed by atoms with E-state index >= 15 is 0 Å². The van der Waals surface area contributed by atoms with Gasteiger partial charge in [-0.2, -0.15) is 0 Å². The van der Waals surface area contributed by atoms with Crippen molar-refractivity contribution in [3.63, 3.8) is 0 Å². The van der Waals surface area contributed by atoms with E-state index in [0.29, 0.717) is 0 Å². The van der Waals surface area contributed by atoms with Crippen molar-refractivity contribution in [2.45, 2.75) is 58.3 Å². The third-order valence-corrected chi connectivity index (χ3v) is 4.77. The normalized spacial score (nSPS) is 22.2. The average molecular weight is 292 g/mol. The minimum atomic E-state index is -1.20. The predicted molar refractivity (Wildman–Crippen MR) is 82.0 cm³/mol. The van der Waals surface area contributed by atoms with E-state index in [4.69, 9.17) is 5.11 Å². The summed E-state index contributed by atoms with van der Waals surface area (Å²) in [5, 5.41) is 8.82. The zero-order valence-electron chi connectivity index (χ0n) is 12.8. The van der Waals surface area contributed by atoms with Gasteiger partial charge in [0, 0.05) is 0 Å². The number of halogens is 1. The van der Waals surface area contributed by atoms with Crippen molar-refractivity contribution in [1.29, 1.82) is 0 Å². The smallest absolute Gasteiger partial charge is 0.338 e. The van der Waals surface area contributed by atoms with Gasteiger partial charge in [-0.25, -0.2) is 9.18 Å². The summed E-state index contributed by atoms with van der Waals surface area (Å²) in [5.74, 6) is -0.154. The monoisotopic (exact) mass is 292 g/mol. The first-order valence-electron chi connectivity index (χ1n) is 8.11. The molecule has 1 aliphatic rings. The number of hydrogen-bond acceptors (Lipinski definition) is 1. The highest BCUT2D eigenvalue weighted by Crippen LogP contribution is 2.33. The Morgan fingerprint density at radius 1 is 1.19 bits per heavy atom. The van der Waals surface area contributed by atoms with Crippen LogP contribution in [0.15, 0.2) is 18.2 Å². The Labute approximate surface area is 126 Å². The van der Waals surface area contributed by atoms with Crippen LogP contribution in [0.5, 0.6) is 0 Å². The second-order valence-electron chi connectivity index (χ2n) is 6.33. The van der Waals surface area contributed by atoms with Crippen molar-refractivity contribution < 1.29 is 14.3 Å². The SMILES string of the molecule is CCCC1CCC(CCc2ccc(C(=O)O)c(F)c2)CC1. The van der Waals surface area contributed by atoms with Crippen LogP contribution in [0.2, 0.25) is 0 Å². The summed E-state index contributed by atoms with van der Waals surface area (Å²) in [6.07, 6.45) is 9.83.